The average Bonchev–Trinajstić information content (AvgIpc) is 2.61. The molecule has 2 aromatic carbocycles. The van der Waals surface area contributed by atoms with E-state index in [0.29, 0.717) is 22.7 Å². The van der Waals surface area contributed by atoms with Crippen molar-refractivity contribution in [3.05, 3.63) is 71.9 Å². The number of anilines is 1. The van der Waals surface area contributed by atoms with Crippen LogP contribution in [0.5, 0.6) is 5.75 Å². The van der Waals surface area contributed by atoms with Crippen molar-refractivity contribution in [2.75, 3.05) is 11.4 Å². The summed E-state index contributed by atoms with van der Waals surface area (Å²) in [5.41, 5.74) is 2.71. The first kappa shape index (κ1) is 18.8. The molecule has 0 spiro atoms. The van der Waals surface area contributed by atoms with Crippen molar-refractivity contribution in [1.29, 1.82) is 0 Å². The number of benzene rings is 2. The number of hydrogen-bond donors (Lipinski definition) is 0. The third kappa shape index (κ3) is 3.61. The van der Waals surface area contributed by atoms with Gasteiger partial charge >= 0.3 is 0 Å². The fourth-order valence-corrected chi connectivity index (χ4v) is 4.12. The lowest BCUT2D eigenvalue weighted by molar-refractivity contribution is 0.415. The van der Waals surface area contributed by atoms with Crippen LogP contribution >= 0.6 is 0 Å². The Labute approximate surface area is 150 Å². The molecular weight excluding hydrogens is 334 g/mol. The highest BCUT2D eigenvalue weighted by atomic mass is 32.2. The van der Waals surface area contributed by atoms with Crippen molar-refractivity contribution in [2.24, 2.45) is 0 Å². The van der Waals surface area contributed by atoms with E-state index in [-0.39, 0.29) is 4.90 Å². The molecule has 0 saturated carbocycles. The Morgan fingerprint density at radius 1 is 1.16 bits per heavy atom. The highest BCUT2D eigenvalue weighted by Gasteiger charge is 2.30. The Morgan fingerprint density at radius 3 is 2.32 bits per heavy atom. The first-order valence-corrected chi connectivity index (χ1v) is 9.35. The molecule has 0 aliphatic rings. The smallest absolute Gasteiger partial charge is 0.268 e. The number of rotatable bonds is 6. The molecule has 0 aromatic heterocycles. The lowest BCUT2D eigenvalue weighted by atomic mass is 10.1. The zero-order chi connectivity index (χ0) is 18.6. The second kappa shape index (κ2) is 7.57. The molecule has 25 heavy (non-hydrogen) atoms. The Hall–Kier alpha value is -2.53. The summed E-state index contributed by atoms with van der Waals surface area (Å²) < 4.78 is 33.5. The predicted molar refractivity (Wildman–Crippen MR) is 103 cm³/mol. The molecule has 0 aliphatic heterocycles. The Morgan fingerprint density at radius 2 is 1.80 bits per heavy atom. The number of allylic oxidation sites excluding steroid dienone is 2. The van der Waals surface area contributed by atoms with E-state index in [2.05, 4.69) is 6.58 Å². The summed E-state index contributed by atoms with van der Waals surface area (Å²) in [6, 6.07) is 12.2. The van der Waals surface area contributed by atoms with Crippen molar-refractivity contribution >= 4 is 21.8 Å². The van der Waals surface area contributed by atoms with Gasteiger partial charge in [0.15, 0.2) is 0 Å². The lowest BCUT2D eigenvalue weighted by Crippen LogP contribution is -2.30. The summed E-state index contributed by atoms with van der Waals surface area (Å²) in [7, 11) is -2.29. The molecule has 5 heteroatoms. The number of hydrogen-bond acceptors (Lipinski definition) is 3. The zero-order valence-corrected chi connectivity index (χ0v) is 15.8. The number of methoxy groups -OCH3 is 1. The van der Waals surface area contributed by atoms with E-state index in [9.17, 15) is 8.42 Å². The van der Waals surface area contributed by atoms with Crippen molar-refractivity contribution in [1.82, 2.24) is 0 Å². The van der Waals surface area contributed by atoms with Crippen LogP contribution in [-0.2, 0) is 10.0 Å². The van der Waals surface area contributed by atoms with Gasteiger partial charge in [0.05, 0.1) is 12.0 Å². The summed E-state index contributed by atoms with van der Waals surface area (Å²) in [5.74, 6) is 0.467. The molecule has 0 fully saturated rings. The predicted octanol–water partition coefficient (Wildman–Crippen LogP) is 4.77. The molecule has 0 unspecified atom stereocenters. The summed E-state index contributed by atoms with van der Waals surface area (Å²) in [4.78, 5) is 0.222. The quantitative estimate of drug-likeness (QED) is 0.748. The van der Waals surface area contributed by atoms with Crippen LogP contribution in [0.25, 0.3) is 6.08 Å². The van der Waals surface area contributed by atoms with E-state index in [1.807, 2.05) is 13.0 Å². The standard InChI is InChI=1S/C20H23NO3S/c1-6-16(4)21(20-17(7-2)9-8-10-19(20)24-5)25(22,23)18-13-11-15(3)12-14-18/h6-14H,2H2,1,3-5H3/b16-6+. The first-order chi connectivity index (χ1) is 11.9. The minimum Gasteiger partial charge on any atom is -0.495 e. The maximum Gasteiger partial charge on any atom is 0.268 e. The Kier molecular flexibility index (Phi) is 5.69. The molecule has 0 atom stereocenters. The number of sulfonamides is 1. The number of nitrogens with zero attached hydrogens (tertiary/aromatic N) is 1. The minimum atomic E-state index is -3.81. The van der Waals surface area contributed by atoms with Crippen LogP contribution in [0.4, 0.5) is 5.69 Å². The Balaban J connectivity index is 2.79. The fourth-order valence-electron chi connectivity index (χ4n) is 2.51. The van der Waals surface area contributed by atoms with Crippen LogP contribution in [0.15, 0.2) is 65.7 Å². The van der Waals surface area contributed by atoms with Gasteiger partial charge in [-0.25, -0.2) is 12.7 Å². The SMILES string of the molecule is C=Cc1cccc(OC)c1N(/C(C)=C/C)S(=O)(=O)c1ccc(C)cc1. The third-order valence-corrected chi connectivity index (χ3v) is 5.79. The summed E-state index contributed by atoms with van der Waals surface area (Å²) in [6.45, 7) is 9.28. The van der Waals surface area contributed by atoms with E-state index < -0.39 is 10.0 Å². The molecule has 0 amide bonds. The molecule has 0 bridgehead atoms. The molecule has 0 heterocycles. The Bertz CT molecular complexity index is 897. The van der Waals surface area contributed by atoms with Crippen molar-refractivity contribution < 1.29 is 13.2 Å². The molecule has 0 aliphatic carbocycles. The van der Waals surface area contributed by atoms with E-state index in [1.54, 1.807) is 62.4 Å². The topological polar surface area (TPSA) is 46.6 Å². The maximum absolute atomic E-state index is 13.4. The van der Waals surface area contributed by atoms with Gasteiger partial charge in [0.2, 0.25) is 0 Å². The molecule has 132 valence electrons. The van der Waals surface area contributed by atoms with Gasteiger partial charge in [-0.15, -0.1) is 0 Å². The molecule has 0 N–H and O–H groups in total. The number of para-hydroxylation sites is 1. The molecule has 0 radical (unpaired) electrons. The van der Waals surface area contributed by atoms with Crippen LogP contribution in [0.1, 0.15) is 25.0 Å². The molecule has 2 rings (SSSR count). The molecule has 2 aromatic rings. The summed E-state index contributed by atoms with van der Waals surface area (Å²) >= 11 is 0. The van der Waals surface area contributed by atoms with Gasteiger partial charge in [0.25, 0.3) is 10.0 Å². The summed E-state index contributed by atoms with van der Waals surface area (Å²) in [5, 5.41) is 0. The number of aryl methyl sites for hydroxylation is 1. The lowest BCUT2D eigenvalue weighted by Gasteiger charge is -2.28. The van der Waals surface area contributed by atoms with Gasteiger partial charge in [0, 0.05) is 11.3 Å². The minimum absolute atomic E-state index is 0.222. The van der Waals surface area contributed by atoms with Crippen LogP contribution in [0.3, 0.4) is 0 Å². The number of ether oxygens (including phenoxy) is 1. The third-order valence-electron chi connectivity index (χ3n) is 3.97. The normalized spacial score (nSPS) is 11.9. The van der Waals surface area contributed by atoms with Gasteiger partial charge in [-0.3, -0.25) is 0 Å². The molecular formula is C20H23NO3S. The van der Waals surface area contributed by atoms with Gasteiger partial charge in [-0.05, 0) is 39.0 Å². The van der Waals surface area contributed by atoms with Gasteiger partial charge in [0.1, 0.15) is 11.4 Å². The highest BCUT2D eigenvalue weighted by Crippen LogP contribution is 2.38. The molecule has 0 saturated heterocycles. The van der Waals surface area contributed by atoms with E-state index in [0.717, 1.165) is 5.56 Å². The second-order valence-electron chi connectivity index (χ2n) is 5.61. The fraction of sp³-hybridized carbons (Fsp3) is 0.200. The first-order valence-electron chi connectivity index (χ1n) is 7.91. The van der Waals surface area contributed by atoms with Gasteiger partial charge in [-0.1, -0.05) is 48.6 Å². The monoisotopic (exact) mass is 357 g/mol. The average molecular weight is 357 g/mol. The zero-order valence-electron chi connectivity index (χ0n) is 15.0. The summed E-state index contributed by atoms with van der Waals surface area (Å²) in [6.07, 6.45) is 3.38. The van der Waals surface area contributed by atoms with E-state index in [1.165, 1.54) is 11.4 Å². The van der Waals surface area contributed by atoms with Crippen LogP contribution < -0.4 is 9.04 Å². The highest BCUT2D eigenvalue weighted by molar-refractivity contribution is 7.93. The van der Waals surface area contributed by atoms with Crippen molar-refractivity contribution in [2.45, 2.75) is 25.7 Å². The van der Waals surface area contributed by atoms with Crippen LogP contribution in [0, 0.1) is 6.92 Å². The second-order valence-corrected chi connectivity index (χ2v) is 7.40. The van der Waals surface area contributed by atoms with E-state index >= 15 is 0 Å². The van der Waals surface area contributed by atoms with Crippen molar-refractivity contribution in [3.63, 3.8) is 0 Å². The molecule has 4 nitrogen and oxygen atoms in total. The van der Waals surface area contributed by atoms with E-state index in [4.69, 9.17) is 4.74 Å². The largest absolute Gasteiger partial charge is 0.495 e. The maximum atomic E-state index is 13.4. The van der Waals surface area contributed by atoms with Crippen molar-refractivity contribution in [3.8, 4) is 5.75 Å². The van der Waals surface area contributed by atoms with Crippen LogP contribution in [-0.4, -0.2) is 15.5 Å². The van der Waals surface area contributed by atoms with Gasteiger partial charge in [-0.2, -0.15) is 0 Å². The van der Waals surface area contributed by atoms with Crippen LogP contribution in [0.2, 0.25) is 0 Å². The van der Waals surface area contributed by atoms with Gasteiger partial charge < -0.3 is 4.74 Å².